The van der Waals surface area contributed by atoms with Crippen LogP contribution in [0.1, 0.15) is 15.9 Å². The fourth-order valence-electron chi connectivity index (χ4n) is 3.11. The minimum atomic E-state index is -4.80. The maximum Gasteiger partial charge on any atom is 0.419 e. The van der Waals surface area contributed by atoms with Crippen molar-refractivity contribution >= 4 is 5.91 Å². The number of hydrogen-bond acceptors (Lipinski definition) is 2. The molecule has 2 aliphatic rings. The van der Waals surface area contributed by atoms with Crippen LogP contribution < -0.4 is 5.32 Å². The Morgan fingerprint density at radius 1 is 1.19 bits per heavy atom. The molecular weight excluding hydrogens is 288 g/mol. The van der Waals surface area contributed by atoms with Crippen molar-refractivity contribution in [1.82, 2.24) is 10.2 Å². The smallest absolute Gasteiger partial charge is 0.338 e. The molecule has 2 aliphatic heterocycles. The largest absolute Gasteiger partial charge is 0.419 e. The van der Waals surface area contributed by atoms with Crippen molar-refractivity contribution in [2.75, 3.05) is 26.2 Å². The molecule has 1 amide bonds. The molecule has 0 radical (unpaired) electrons. The van der Waals surface area contributed by atoms with Crippen molar-refractivity contribution in [3.05, 3.63) is 35.1 Å². The Hall–Kier alpha value is -1.63. The predicted octanol–water partition coefficient (Wildman–Crippen LogP) is 2.14. The summed E-state index contributed by atoms with van der Waals surface area (Å²) in [6.45, 7) is 2.51. The van der Waals surface area contributed by atoms with E-state index in [0.29, 0.717) is 31.0 Å². The van der Waals surface area contributed by atoms with Gasteiger partial charge in [0, 0.05) is 26.2 Å². The number of hydrogen-bond donors (Lipinski definition) is 1. The zero-order valence-corrected chi connectivity index (χ0v) is 11.1. The summed E-state index contributed by atoms with van der Waals surface area (Å²) in [5.41, 5.74) is -1.90. The van der Waals surface area contributed by atoms with Gasteiger partial charge in [-0.2, -0.15) is 13.2 Å². The first kappa shape index (κ1) is 14.3. The number of carbonyl (C=O) groups is 1. The monoisotopic (exact) mass is 302 g/mol. The molecule has 0 aromatic heterocycles. The third kappa shape index (κ3) is 2.50. The Balaban J connectivity index is 1.86. The fourth-order valence-corrected chi connectivity index (χ4v) is 3.11. The average Bonchev–Trinajstić information content (AvgIpc) is 2.97. The molecule has 21 heavy (non-hydrogen) atoms. The van der Waals surface area contributed by atoms with Gasteiger partial charge in [0.05, 0.1) is 11.1 Å². The number of amides is 1. The molecule has 7 heteroatoms. The van der Waals surface area contributed by atoms with E-state index < -0.39 is 29.0 Å². The first-order chi connectivity index (χ1) is 9.88. The Morgan fingerprint density at radius 2 is 1.81 bits per heavy atom. The number of alkyl halides is 3. The molecule has 3 nitrogen and oxygen atoms in total. The van der Waals surface area contributed by atoms with Crippen molar-refractivity contribution < 1.29 is 22.4 Å². The summed E-state index contributed by atoms with van der Waals surface area (Å²) >= 11 is 0. The van der Waals surface area contributed by atoms with E-state index >= 15 is 0 Å². The summed E-state index contributed by atoms with van der Waals surface area (Å²) in [5.74, 6) is -1.52. The molecule has 0 bridgehead atoms. The molecular formula is C14H14F4N2O. The molecule has 0 unspecified atom stereocenters. The lowest BCUT2D eigenvalue weighted by Gasteiger charge is -2.19. The number of carbonyl (C=O) groups excluding carboxylic acids is 1. The van der Waals surface area contributed by atoms with Gasteiger partial charge in [-0.05, 0) is 24.0 Å². The van der Waals surface area contributed by atoms with Crippen molar-refractivity contribution in [3.63, 3.8) is 0 Å². The SMILES string of the molecule is O=C(c1cccc(C(F)(F)F)c1F)N1C[C@H]2CNC[C@H]2C1. The molecule has 2 heterocycles. The van der Waals surface area contributed by atoms with E-state index in [1.807, 2.05) is 0 Å². The van der Waals surface area contributed by atoms with Gasteiger partial charge in [-0.25, -0.2) is 4.39 Å². The highest BCUT2D eigenvalue weighted by Crippen LogP contribution is 2.33. The van der Waals surface area contributed by atoms with Gasteiger partial charge in [0.15, 0.2) is 0 Å². The van der Waals surface area contributed by atoms with Crippen molar-refractivity contribution in [1.29, 1.82) is 0 Å². The Morgan fingerprint density at radius 3 is 2.38 bits per heavy atom. The highest BCUT2D eigenvalue weighted by molar-refractivity contribution is 5.95. The summed E-state index contributed by atoms with van der Waals surface area (Å²) in [7, 11) is 0. The Kier molecular flexibility index (Phi) is 3.39. The first-order valence-electron chi connectivity index (χ1n) is 6.73. The van der Waals surface area contributed by atoms with Gasteiger partial charge in [-0.1, -0.05) is 6.07 Å². The summed E-state index contributed by atoms with van der Waals surface area (Å²) < 4.78 is 52.0. The van der Waals surface area contributed by atoms with Crippen LogP contribution in [-0.4, -0.2) is 37.0 Å². The van der Waals surface area contributed by atoms with Crippen molar-refractivity contribution in [2.24, 2.45) is 11.8 Å². The van der Waals surface area contributed by atoms with Crippen LogP contribution in [0.25, 0.3) is 0 Å². The minimum Gasteiger partial charge on any atom is -0.338 e. The number of nitrogens with one attached hydrogen (secondary N) is 1. The van der Waals surface area contributed by atoms with E-state index in [1.54, 1.807) is 0 Å². The average molecular weight is 302 g/mol. The number of nitrogens with zero attached hydrogens (tertiary/aromatic N) is 1. The number of benzene rings is 1. The Bertz CT molecular complexity index is 561. The normalized spacial score (nSPS) is 25.2. The van der Waals surface area contributed by atoms with Gasteiger partial charge in [0.1, 0.15) is 5.82 Å². The zero-order valence-electron chi connectivity index (χ0n) is 11.1. The topological polar surface area (TPSA) is 32.3 Å². The van der Waals surface area contributed by atoms with Crippen LogP contribution in [0.2, 0.25) is 0 Å². The number of halogens is 4. The molecule has 2 saturated heterocycles. The molecule has 1 N–H and O–H groups in total. The first-order valence-corrected chi connectivity index (χ1v) is 6.73. The molecule has 2 fully saturated rings. The van der Waals surface area contributed by atoms with Gasteiger partial charge in [0.2, 0.25) is 0 Å². The van der Waals surface area contributed by atoms with Gasteiger partial charge in [0.25, 0.3) is 5.91 Å². The van der Waals surface area contributed by atoms with Crippen molar-refractivity contribution in [2.45, 2.75) is 6.18 Å². The summed E-state index contributed by atoms with van der Waals surface area (Å²) in [4.78, 5) is 13.7. The van der Waals surface area contributed by atoms with E-state index in [4.69, 9.17) is 0 Å². The third-order valence-electron chi connectivity index (χ3n) is 4.21. The van der Waals surface area contributed by atoms with Crippen LogP contribution >= 0.6 is 0 Å². The van der Waals surface area contributed by atoms with Gasteiger partial charge in [-0.3, -0.25) is 4.79 Å². The predicted molar refractivity (Wildman–Crippen MR) is 67.2 cm³/mol. The minimum absolute atomic E-state index is 0.308. The molecule has 1 aromatic rings. The summed E-state index contributed by atoms with van der Waals surface area (Å²) in [5, 5.41) is 3.20. The number of fused-ring (bicyclic) bond motifs is 1. The highest BCUT2D eigenvalue weighted by atomic mass is 19.4. The quantitative estimate of drug-likeness (QED) is 0.806. The second-order valence-corrected chi connectivity index (χ2v) is 5.55. The van der Waals surface area contributed by atoms with Gasteiger partial charge >= 0.3 is 6.18 Å². The van der Waals surface area contributed by atoms with Crippen LogP contribution in [0.15, 0.2) is 18.2 Å². The molecule has 3 rings (SSSR count). The standard InChI is InChI=1S/C14H14F4N2O/c15-12-10(2-1-3-11(12)14(16,17)18)13(21)20-6-8-4-19-5-9(8)7-20/h1-3,8-9,19H,4-7H2/t8-,9+. The van der Waals surface area contributed by atoms with E-state index in [9.17, 15) is 22.4 Å². The van der Waals surface area contributed by atoms with E-state index in [1.165, 1.54) is 4.90 Å². The fraction of sp³-hybridized carbons (Fsp3) is 0.500. The van der Waals surface area contributed by atoms with Crippen LogP contribution in [0.4, 0.5) is 17.6 Å². The molecule has 0 saturated carbocycles. The zero-order chi connectivity index (χ0) is 15.2. The van der Waals surface area contributed by atoms with Crippen molar-refractivity contribution in [3.8, 4) is 0 Å². The summed E-state index contributed by atoms with van der Waals surface area (Å²) in [6, 6.07) is 2.82. The van der Waals surface area contributed by atoms with Gasteiger partial charge in [-0.15, -0.1) is 0 Å². The lowest BCUT2D eigenvalue weighted by atomic mass is 10.0. The van der Waals surface area contributed by atoms with E-state index in [2.05, 4.69) is 5.32 Å². The third-order valence-corrected chi connectivity index (χ3v) is 4.21. The second kappa shape index (κ2) is 4.98. The van der Waals surface area contributed by atoms with Crippen LogP contribution in [-0.2, 0) is 6.18 Å². The second-order valence-electron chi connectivity index (χ2n) is 5.55. The maximum absolute atomic E-state index is 14.0. The molecule has 2 atom stereocenters. The van der Waals surface area contributed by atoms with Crippen LogP contribution in [0, 0.1) is 17.7 Å². The lowest BCUT2D eigenvalue weighted by Crippen LogP contribution is -2.32. The number of rotatable bonds is 1. The molecule has 114 valence electrons. The number of likely N-dealkylation sites (tertiary alicyclic amines) is 1. The van der Waals surface area contributed by atoms with Crippen LogP contribution in [0.3, 0.4) is 0 Å². The van der Waals surface area contributed by atoms with Crippen LogP contribution in [0.5, 0.6) is 0 Å². The summed E-state index contributed by atoms with van der Waals surface area (Å²) in [6.07, 6.45) is -4.80. The van der Waals surface area contributed by atoms with E-state index in [0.717, 1.165) is 25.2 Å². The lowest BCUT2D eigenvalue weighted by molar-refractivity contribution is -0.140. The molecule has 1 aromatic carbocycles. The Labute approximate surface area is 118 Å². The molecule has 0 spiro atoms. The van der Waals surface area contributed by atoms with E-state index in [-0.39, 0.29) is 0 Å². The van der Waals surface area contributed by atoms with Gasteiger partial charge < -0.3 is 10.2 Å². The maximum atomic E-state index is 14.0. The highest BCUT2D eigenvalue weighted by Gasteiger charge is 2.40. The molecule has 0 aliphatic carbocycles.